The minimum Gasteiger partial charge on any atom is -0.308 e. The molecule has 0 saturated heterocycles. The van der Waals surface area contributed by atoms with E-state index in [0.29, 0.717) is 22.0 Å². The molecule has 2 aromatic rings. The first-order valence-electron chi connectivity index (χ1n) is 6.04. The Kier molecular flexibility index (Phi) is 4.39. The maximum Gasteiger partial charge on any atom is 0.323 e. The van der Waals surface area contributed by atoms with Crippen LogP contribution in [-0.4, -0.2) is 11.0 Å². The minimum absolute atomic E-state index is 0.0174. The largest absolute Gasteiger partial charge is 0.323 e. The molecule has 21 heavy (non-hydrogen) atoms. The first-order chi connectivity index (χ1) is 9.95. The van der Waals surface area contributed by atoms with E-state index in [-0.39, 0.29) is 5.69 Å². The van der Waals surface area contributed by atoms with Crippen LogP contribution in [-0.2, 0) is 0 Å². The minimum atomic E-state index is -0.482. The van der Waals surface area contributed by atoms with E-state index in [0.717, 1.165) is 0 Å². The van der Waals surface area contributed by atoms with Crippen molar-refractivity contribution in [3.8, 4) is 0 Å². The maximum atomic E-state index is 11.8. The Morgan fingerprint density at radius 1 is 1.14 bits per heavy atom. The Hall–Kier alpha value is -2.60. The highest BCUT2D eigenvalue weighted by Crippen LogP contribution is 2.21. The summed E-state index contributed by atoms with van der Waals surface area (Å²) >= 11 is 5.76. The molecule has 2 amide bonds. The number of hydrogen-bond acceptors (Lipinski definition) is 3. The number of carbonyl (C=O) groups is 1. The zero-order chi connectivity index (χ0) is 15.4. The van der Waals surface area contributed by atoms with Crippen molar-refractivity contribution in [2.75, 3.05) is 10.6 Å². The van der Waals surface area contributed by atoms with E-state index >= 15 is 0 Å². The van der Waals surface area contributed by atoms with Crippen LogP contribution < -0.4 is 10.6 Å². The number of nitrogens with one attached hydrogen (secondary N) is 2. The van der Waals surface area contributed by atoms with E-state index in [4.69, 9.17) is 11.6 Å². The molecule has 0 radical (unpaired) electrons. The van der Waals surface area contributed by atoms with Gasteiger partial charge in [0.05, 0.1) is 4.92 Å². The highest BCUT2D eigenvalue weighted by Gasteiger charge is 2.10. The van der Waals surface area contributed by atoms with Gasteiger partial charge < -0.3 is 10.6 Å². The number of nitro benzene ring substituents is 1. The second-order valence-corrected chi connectivity index (χ2v) is 4.78. The molecule has 0 unspecified atom stereocenters. The molecule has 0 aliphatic carbocycles. The summed E-state index contributed by atoms with van der Waals surface area (Å²) in [4.78, 5) is 22.0. The fourth-order valence-electron chi connectivity index (χ4n) is 1.72. The molecule has 108 valence electrons. The number of carbonyl (C=O) groups excluding carboxylic acids is 1. The van der Waals surface area contributed by atoms with E-state index in [1.807, 2.05) is 0 Å². The molecule has 7 heteroatoms. The van der Waals surface area contributed by atoms with Gasteiger partial charge in [-0.15, -0.1) is 0 Å². The molecular weight excluding hydrogens is 294 g/mol. The maximum absolute atomic E-state index is 11.8. The fraction of sp³-hybridized carbons (Fsp3) is 0.0714. The SMILES string of the molecule is Cc1cc([N+](=O)[O-])ccc1NC(=O)Nc1ccc(Cl)cc1. The van der Waals surface area contributed by atoms with Crippen molar-refractivity contribution in [1.82, 2.24) is 0 Å². The lowest BCUT2D eigenvalue weighted by Gasteiger charge is -2.09. The molecule has 6 nitrogen and oxygen atoms in total. The normalized spacial score (nSPS) is 10.0. The molecule has 0 saturated carbocycles. The summed E-state index contributed by atoms with van der Waals surface area (Å²) in [6.45, 7) is 1.69. The van der Waals surface area contributed by atoms with Crippen molar-refractivity contribution >= 4 is 34.7 Å². The Labute approximate surface area is 125 Å². The van der Waals surface area contributed by atoms with Crippen molar-refractivity contribution in [3.05, 3.63) is 63.2 Å². The number of anilines is 2. The van der Waals surface area contributed by atoms with Crippen LogP contribution >= 0.6 is 11.6 Å². The number of halogens is 1. The lowest BCUT2D eigenvalue weighted by Crippen LogP contribution is -2.19. The lowest BCUT2D eigenvalue weighted by atomic mass is 10.2. The van der Waals surface area contributed by atoms with E-state index in [1.54, 1.807) is 31.2 Å². The molecule has 2 aromatic carbocycles. The number of non-ortho nitro benzene ring substituents is 1. The molecule has 0 aliphatic heterocycles. The van der Waals surface area contributed by atoms with E-state index in [2.05, 4.69) is 10.6 Å². The van der Waals surface area contributed by atoms with Crippen molar-refractivity contribution in [2.24, 2.45) is 0 Å². The van der Waals surface area contributed by atoms with Gasteiger partial charge in [-0.05, 0) is 42.8 Å². The van der Waals surface area contributed by atoms with E-state index in [9.17, 15) is 14.9 Å². The highest BCUT2D eigenvalue weighted by molar-refractivity contribution is 6.30. The van der Waals surface area contributed by atoms with Crippen molar-refractivity contribution in [2.45, 2.75) is 6.92 Å². The molecule has 0 aromatic heterocycles. The summed E-state index contributed by atoms with van der Waals surface area (Å²) < 4.78 is 0. The summed E-state index contributed by atoms with van der Waals surface area (Å²) in [6.07, 6.45) is 0. The number of aryl methyl sites for hydroxylation is 1. The van der Waals surface area contributed by atoms with Crippen LogP contribution in [0.3, 0.4) is 0 Å². The lowest BCUT2D eigenvalue weighted by molar-refractivity contribution is -0.384. The van der Waals surface area contributed by atoms with Crippen LogP contribution in [0, 0.1) is 17.0 Å². The van der Waals surface area contributed by atoms with Gasteiger partial charge >= 0.3 is 6.03 Å². The van der Waals surface area contributed by atoms with Gasteiger partial charge in [0, 0.05) is 28.5 Å². The molecule has 0 atom stereocenters. The standard InChI is InChI=1S/C14H12ClN3O3/c1-9-8-12(18(20)21)6-7-13(9)17-14(19)16-11-4-2-10(15)3-5-11/h2-8H,1H3,(H2,16,17,19). The van der Waals surface area contributed by atoms with Gasteiger partial charge in [0.15, 0.2) is 0 Å². The quantitative estimate of drug-likeness (QED) is 0.658. The van der Waals surface area contributed by atoms with Gasteiger partial charge in [0.1, 0.15) is 0 Å². The van der Waals surface area contributed by atoms with Gasteiger partial charge in [0.25, 0.3) is 5.69 Å². The van der Waals surface area contributed by atoms with E-state index in [1.165, 1.54) is 18.2 Å². The van der Waals surface area contributed by atoms with Gasteiger partial charge in [-0.2, -0.15) is 0 Å². The number of urea groups is 1. The first kappa shape index (κ1) is 14.8. The molecule has 0 aliphatic rings. The predicted octanol–water partition coefficient (Wildman–Crippen LogP) is 4.20. The van der Waals surface area contributed by atoms with Crippen LogP contribution in [0.15, 0.2) is 42.5 Å². The van der Waals surface area contributed by atoms with Crippen molar-refractivity contribution in [1.29, 1.82) is 0 Å². The van der Waals surface area contributed by atoms with Gasteiger partial charge in [-0.3, -0.25) is 10.1 Å². The van der Waals surface area contributed by atoms with Crippen LogP contribution in [0.1, 0.15) is 5.56 Å². The third-order valence-corrected chi connectivity index (χ3v) is 3.02. The predicted molar refractivity (Wildman–Crippen MR) is 81.9 cm³/mol. The summed E-state index contributed by atoms with van der Waals surface area (Å²) in [5.41, 5.74) is 1.69. The molecular formula is C14H12ClN3O3. The van der Waals surface area contributed by atoms with Crippen molar-refractivity contribution < 1.29 is 9.72 Å². The molecule has 2 rings (SSSR count). The Morgan fingerprint density at radius 3 is 2.38 bits per heavy atom. The average molecular weight is 306 g/mol. The monoisotopic (exact) mass is 305 g/mol. The number of amides is 2. The van der Waals surface area contributed by atoms with Crippen LogP contribution in [0.5, 0.6) is 0 Å². The number of benzene rings is 2. The second-order valence-electron chi connectivity index (χ2n) is 4.34. The van der Waals surface area contributed by atoms with Gasteiger partial charge in [-0.1, -0.05) is 11.6 Å². The highest BCUT2D eigenvalue weighted by atomic mass is 35.5. The molecule has 2 N–H and O–H groups in total. The molecule has 0 spiro atoms. The van der Waals surface area contributed by atoms with Gasteiger partial charge in [-0.25, -0.2) is 4.79 Å². The number of rotatable bonds is 3. The Balaban J connectivity index is 2.06. The third-order valence-electron chi connectivity index (χ3n) is 2.77. The average Bonchev–Trinajstić information content (AvgIpc) is 2.43. The molecule has 0 fully saturated rings. The molecule has 0 heterocycles. The Morgan fingerprint density at radius 2 is 1.81 bits per heavy atom. The van der Waals surface area contributed by atoms with E-state index < -0.39 is 11.0 Å². The zero-order valence-electron chi connectivity index (χ0n) is 11.1. The fourth-order valence-corrected chi connectivity index (χ4v) is 1.85. The smallest absolute Gasteiger partial charge is 0.308 e. The number of hydrogen-bond donors (Lipinski definition) is 2. The zero-order valence-corrected chi connectivity index (χ0v) is 11.8. The Bertz CT molecular complexity index is 686. The second kappa shape index (κ2) is 6.23. The molecule has 0 bridgehead atoms. The third kappa shape index (κ3) is 3.93. The topological polar surface area (TPSA) is 84.3 Å². The summed E-state index contributed by atoms with van der Waals surface area (Å²) in [7, 11) is 0. The first-order valence-corrected chi connectivity index (χ1v) is 6.42. The summed E-state index contributed by atoms with van der Waals surface area (Å²) in [6, 6.07) is 10.5. The number of nitrogens with zero attached hydrogens (tertiary/aromatic N) is 1. The summed E-state index contributed by atoms with van der Waals surface area (Å²) in [5, 5.41) is 16.5. The summed E-state index contributed by atoms with van der Waals surface area (Å²) in [5.74, 6) is 0. The van der Waals surface area contributed by atoms with Crippen LogP contribution in [0.2, 0.25) is 5.02 Å². The van der Waals surface area contributed by atoms with Crippen molar-refractivity contribution in [3.63, 3.8) is 0 Å². The van der Waals surface area contributed by atoms with Crippen LogP contribution in [0.4, 0.5) is 21.9 Å². The van der Waals surface area contributed by atoms with Crippen LogP contribution in [0.25, 0.3) is 0 Å². The van der Waals surface area contributed by atoms with Gasteiger partial charge in [0.2, 0.25) is 0 Å². The number of nitro groups is 1.